The molecule has 8 nitrogen and oxygen atoms in total. The lowest BCUT2D eigenvalue weighted by Crippen LogP contribution is -2.30. The normalized spacial score (nSPS) is 13.2. The first kappa shape index (κ1) is 22.5. The Morgan fingerprint density at radius 1 is 0.625 bits per heavy atom. The van der Waals surface area contributed by atoms with Crippen LogP contribution in [0.2, 0.25) is 0 Å². The van der Waals surface area contributed by atoms with Crippen molar-refractivity contribution in [1.29, 1.82) is 0 Å². The molecule has 4 rings (SSSR count). The Bertz CT molecular complexity index is 1000. The van der Waals surface area contributed by atoms with Crippen LogP contribution in [0.3, 0.4) is 0 Å². The molecule has 32 heavy (non-hydrogen) atoms. The van der Waals surface area contributed by atoms with Gasteiger partial charge in [-0.1, -0.05) is 36.4 Å². The SMILES string of the molecule is O[C@@H](CSCc1nnc(-c2ccccc2)o1)[C@@H](O)CSCc1nnc(-c2ccccc2)o1. The number of thioether (sulfide) groups is 2. The number of hydrogen-bond donors (Lipinski definition) is 2. The molecule has 0 radical (unpaired) electrons. The van der Waals surface area contributed by atoms with Crippen LogP contribution in [0.5, 0.6) is 0 Å². The van der Waals surface area contributed by atoms with Gasteiger partial charge >= 0.3 is 0 Å². The van der Waals surface area contributed by atoms with E-state index in [9.17, 15) is 10.2 Å². The number of hydrogen-bond acceptors (Lipinski definition) is 10. The van der Waals surface area contributed by atoms with Gasteiger partial charge in [0, 0.05) is 22.6 Å². The van der Waals surface area contributed by atoms with Gasteiger partial charge in [0.1, 0.15) is 0 Å². The third kappa shape index (κ3) is 6.19. The minimum atomic E-state index is -0.869. The number of aliphatic hydroxyl groups is 2. The fourth-order valence-electron chi connectivity index (χ4n) is 2.77. The Labute approximate surface area is 193 Å². The zero-order valence-electron chi connectivity index (χ0n) is 17.1. The predicted octanol–water partition coefficient (Wildman–Crippen LogP) is 3.68. The van der Waals surface area contributed by atoms with Crippen molar-refractivity contribution in [2.45, 2.75) is 23.7 Å². The lowest BCUT2D eigenvalue weighted by atomic mass is 10.2. The van der Waals surface area contributed by atoms with Gasteiger partial charge in [0.15, 0.2) is 0 Å². The second-order valence-corrected chi connectivity index (χ2v) is 8.96. The van der Waals surface area contributed by atoms with E-state index >= 15 is 0 Å². The number of aromatic nitrogens is 4. The molecular weight excluding hydrogens is 448 g/mol. The summed E-state index contributed by atoms with van der Waals surface area (Å²) >= 11 is 2.85. The van der Waals surface area contributed by atoms with E-state index in [-0.39, 0.29) is 0 Å². The van der Waals surface area contributed by atoms with Crippen LogP contribution in [0.1, 0.15) is 11.8 Å². The van der Waals surface area contributed by atoms with E-state index in [2.05, 4.69) is 20.4 Å². The minimum absolute atomic E-state index is 0.351. The first-order chi connectivity index (χ1) is 15.7. The number of benzene rings is 2. The molecule has 0 aliphatic heterocycles. The molecule has 2 atom stereocenters. The molecule has 0 fully saturated rings. The highest BCUT2D eigenvalue weighted by molar-refractivity contribution is 7.98. The van der Waals surface area contributed by atoms with E-state index in [0.717, 1.165) is 11.1 Å². The van der Waals surface area contributed by atoms with Crippen LogP contribution in [0.25, 0.3) is 22.9 Å². The monoisotopic (exact) mass is 470 g/mol. The Balaban J connectivity index is 1.16. The molecule has 0 spiro atoms. The maximum Gasteiger partial charge on any atom is 0.247 e. The fraction of sp³-hybridized carbons (Fsp3) is 0.273. The van der Waals surface area contributed by atoms with Crippen molar-refractivity contribution >= 4 is 23.5 Å². The third-order valence-corrected chi connectivity index (χ3v) is 6.50. The molecule has 0 amide bonds. The van der Waals surface area contributed by atoms with E-state index in [4.69, 9.17) is 8.83 Å². The quantitative estimate of drug-likeness (QED) is 0.336. The fourth-order valence-corrected chi connectivity index (χ4v) is 4.52. The first-order valence-electron chi connectivity index (χ1n) is 9.96. The third-order valence-electron chi connectivity index (χ3n) is 4.45. The molecule has 4 aromatic rings. The summed E-state index contributed by atoms with van der Waals surface area (Å²) in [5.74, 6) is 3.52. The van der Waals surface area contributed by atoms with E-state index in [1.165, 1.54) is 23.5 Å². The van der Waals surface area contributed by atoms with Gasteiger partial charge < -0.3 is 19.0 Å². The van der Waals surface area contributed by atoms with Crippen LogP contribution < -0.4 is 0 Å². The van der Waals surface area contributed by atoms with Crippen molar-refractivity contribution in [1.82, 2.24) is 20.4 Å². The predicted molar refractivity (Wildman–Crippen MR) is 124 cm³/mol. The van der Waals surface area contributed by atoms with Gasteiger partial charge in [-0.3, -0.25) is 0 Å². The van der Waals surface area contributed by atoms with Crippen LogP contribution in [0.4, 0.5) is 0 Å². The maximum atomic E-state index is 10.2. The average Bonchev–Trinajstić information content (AvgIpc) is 3.50. The molecule has 0 saturated carbocycles. The van der Waals surface area contributed by atoms with Gasteiger partial charge in [0.05, 0.1) is 23.7 Å². The Hall–Kier alpha value is -2.66. The molecular formula is C22H22N4O4S2. The van der Waals surface area contributed by atoms with Gasteiger partial charge in [-0.25, -0.2) is 0 Å². The molecule has 2 heterocycles. The molecule has 2 aromatic carbocycles. The molecule has 0 bridgehead atoms. The zero-order chi connectivity index (χ0) is 22.2. The van der Waals surface area contributed by atoms with Crippen LogP contribution in [0.15, 0.2) is 69.5 Å². The summed E-state index contributed by atoms with van der Waals surface area (Å²) in [6, 6.07) is 19.1. The second-order valence-electron chi connectivity index (χ2n) is 6.90. The van der Waals surface area contributed by atoms with E-state index in [0.29, 0.717) is 46.6 Å². The number of rotatable bonds is 11. The Morgan fingerprint density at radius 3 is 1.44 bits per heavy atom. The highest BCUT2D eigenvalue weighted by Crippen LogP contribution is 2.22. The second kappa shape index (κ2) is 11.3. The van der Waals surface area contributed by atoms with Crippen molar-refractivity contribution in [3.8, 4) is 22.9 Å². The van der Waals surface area contributed by atoms with Gasteiger partial charge in [-0.05, 0) is 24.3 Å². The summed E-state index contributed by atoms with van der Waals surface area (Å²) in [5.41, 5.74) is 1.72. The first-order valence-corrected chi connectivity index (χ1v) is 12.3. The lowest BCUT2D eigenvalue weighted by molar-refractivity contribution is 0.0499. The molecule has 0 aliphatic rings. The molecule has 2 aromatic heterocycles. The lowest BCUT2D eigenvalue weighted by Gasteiger charge is -2.16. The largest absolute Gasteiger partial charge is 0.420 e. The zero-order valence-corrected chi connectivity index (χ0v) is 18.7. The molecule has 10 heteroatoms. The summed E-state index contributed by atoms with van der Waals surface area (Å²) in [7, 11) is 0. The topological polar surface area (TPSA) is 118 Å². The summed E-state index contributed by atoms with van der Waals surface area (Å²) in [5, 5.41) is 36.6. The summed E-state index contributed by atoms with van der Waals surface area (Å²) < 4.78 is 11.3. The van der Waals surface area contributed by atoms with E-state index in [1.54, 1.807) is 0 Å². The average molecular weight is 471 g/mol. The van der Waals surface area contributed by atoms with Crippen molar-refractivity contribution in [3.05, 3.63) is 72.4 Å². The molecule has 2 N–H and O–H groups in total. The molecule has 0 unspecified atom stereocenters. The van der Waals surface area contributed by atoms with Crippen LogP contribution in [0, 0.1) is 0 Å². The number of nitrogens with zero attached hydrogens (tertiary/aromatic N) is 4. The number of aliphatic hydroxyl groups excluding tert-OH is 2. The van der Waals surface area contributed by atoms with Gasteiger partial charge in [0.2, 0.25) is 23.6 Å². The van der Waals surface area contributed by atoms with E-state index < -0.39 is 12.2 Å². The Morgan fingerprint density at radius 2 is 1.03 bits per heavy atom. The van der Waals surface area contributed by atoms with E-state index in [1.807, 2.05) is 60.7 Å². The van der Waals surface area contributed by atoms with Gasteiger partial charge in [-0.2, -0.15) is 0 Å². The summed E-state index contributed by atoms with van der Waals surface area (Å²) in [6.07, 6.45) is -1.74. The van der Waals surface area contributed by atoms with Crippen molar-refractivity contribution in [2.24, 2.45) is 0 Å². The minimum Gasteiger partial charge on any atom is -0.420 e. The van der Waals surface area contributed by atoms with Crippen LogP contribution >= 0.6 is 23.5 Å². The van der Waals surface area contributed by atoms with Gasteiger partial charge in [0.25, 0.3) is 0 Å². The van der Waals surface area contributed by atoms with Crippen LogP contribution in [-0.4, -0.2) is 54.3 Å². The van der Waals surface area contributed by atoms with Crippen molar-refractivity contribution < 1.29 is 19.0 Å². The summed E-state index contributed by atoms with van der Waals surface area (Å²) in [4.78, 5) is 0. The summed E-state index contributed by atoms with van der Waals surface area (Å²) in [6.45, 7) is 0. The smallest absolute Gasteiger partial charge is 0.247 e. The van der Waals surface area contributed by atoms with Gasteiger partial charge in [-0.15, -0.1) is 43.9 Å². The highest BCUT2D eigenvalue weighted by atomic mass is 32.2. The van der Waals surface area contributed by atoms with Crippen molar-refractivity contribution in [2.75, 3.05) is 11.5 Å². The molecule has 0 saturated heterocycles. The Kier molecular flexibility index (Phi) is 7.94. The maximum absolute atomic E-state index is 10.2. The highest BCUT2D eigenvalue weighted by Gasteiger charge is 2.18. The standard InChI is InChI=1S/C22H22N4O4S2/c27-17(11-31-13-19-23-25-21(29-19)15-7-3-1-4-8-15)18(28)12-32-14-20-24-26-22(30-20)16-9-5-2-6-10-16/h1-10,17-18,27-28H,11-14H2/t17-,18-/m0/s1. The molecule has 0 aliphatic carbocycles. The molecule has 166 valence electrons. The van der Waals surface area contributed by atoms with Crippen molar-refractivity contribution in [3.63, 3.8) is 0 Å². The van der Waals surface area contributed by atoms with Crippen LogP contribution in [-0.2, 0) is 11.5 Å².